The summed E-state index contributed by atoms with van der Waals surface area (Å²) in [5.74, 6) is 0.792. The monoisotopic (exact) mass is 407 g/mol. The van der Waals surface area contributed by atoms with Gasteiger partial charge in [-0.25, -0.2) is 13.4 Å². The van der Waals surface area contributed by atoms with Crippen LogP contribution in [0.3, 0.4) is 0 Å². The zero-order chi connectivity index (χ0) is 19.2. The van der Waals surface area contributed by atoms with Crippen molar-refractivity contribution in [2.24, 2.45) is 0 Å². The van der Waals surface area contributed by atoms with E-state index in [1.165, 1.54) is 20.2 Å². The Labute approximate surface area is 162 Å². The van der Waals surface area contributed by atoms with E-state index in [0.717, 1.165) is 16.4 Å². The lowest BCUT2D eigenvalue weighted by Crippen LogP contribution is -2.49. The molecule has 0 saturated carbocycles. The molecule has 8 nitrogen and oxygen atoms in total. The zero-order valence-electron chi connectivity index (χ0n) is 15.4. The number of rotatable bonds is 4. The highest BCUT2D eigenvalue weighted by atomic mass is 32.2. The van der Waals surface area contributed by atoms with Crippen molar-refractivity contribution in [2.45, 2.75) is 18.9 Å². The molecular weight excluding hydrogens is 386 g/mol. The standard InChI is InChI=1S/C17H21N5O3S2/c1-12-16(22-17(18-12)26-13(2)19-22)27(23,24)21-10-8-20(9-11-21)14-6-4-5-7-15(14)25-3/h4-7H,8-11H2,1-3H3. The van der Waals surface area contributed by atoms with Crippen molar-refractivity contribution in [3.8, 4) is 5.75 Å². The van der Waals surface area contributed by atoms with Gasteiger partial charge in [-0.2, -0.15) is 13.9 Å². The minimum absolute atomic E-state index is 0.174. The van der Waals surface area contributed by atoms with Gasteiger partial charge in [0.05, 0.1) is 18.5 Å². The summed E-state index contributed by atoms with van der Waals surface area (Å²) in [6, 6.07) is 7.78. The highest BCUT2D eigenvalue weighted by Gasteiger charge is 2.34. The number of anilines is 1. The van der Waals surface area contributed by atoms with Crippen LogP contribution in [0.15, 0.2) is 29.3 Å². The van der Waals surface area contributed by atoms with Crippen molar-refractivity contribution in [1.29, 1.82) is 0 Å². The predicted octanol–water partition coefficient (Wildman–Crippen LogP) is 1.93. The Hall–Kier alpha value is -2.17. The number of para-hydroxylation sites is 2. The maximum Gasteiger partial charge on any atom is 0.262 e. The number of fused-ring (bicyclic) bond motifs is 1. The molecule has 1 aliphatic rings. The van der Waals surface area contributed by atoms with Crippen LogP contribution >= 0.6 is 11.3 Å². The summed E-state index contributed by atoms with van der Waals surface area (Å²) in [6.45, 7) is 5.55. The molecule has 1 fully saturated rings. The van der Waals surface area contributed by atoms with Crippen molar-refractivity contribution < 1.29 is 13.2 Å². The fourth-order valence-corrected chi connectivity index (χ4v) is 5.90. The molecule has 0 radical (unpaired) electrons. The molecule has 0 amide bonds. The number of benzene rings is 1. The molecule has 1 aliphatic heterocycles. The number of sulfonamides is 1. The van der Waals surface area contributed by atoms with Gasteiger partial charge >= 0.3 is 0 Å². The zero-order valence-corrected chi connectivity index (χ0v) is 17.0. The molecular formula is C17H21N5O3S2. The lowest BCUT2D eigenvalue weighted by molar-refractivity contribution is 0.376. The van der Waals surface area contributed by atoms with Crippen LogP contribution < -0.4 is 9.64 Å². The fraction of sp³-hybridized carbons (Fsp3) is 0.412. The number of nitrogens with zero attached hydrogens (tertiary/aromatic N) is 5. The summed E-state index contributed by atoms with van der Waals surface area (Å²) in [5, 5.41) is 5.28. The van der Waals surface area contributed by atoms with Gasteiger partial charge in [-0.05, 0) is 26.0 Å². The molecule has 4 rings (SSSR count). The van der Waals surface area contributed by atoms with Crippen molar-refractivity contribution in [3.05, 3.63) is 35.0 Å². The first kappa shape index (κ1) is 18.2. The number of methoxy groups -OCH3 is 1. The van der Waals surface area contributed by atoms with Crippen molar-refractivity contribution in [2.75, 3.05) is 38.2 Å². The van der Waals surface area contributed by atoms with Crippen molar-refractivity contribution >= 4 is 32.0 Å². The number of ether oxygens (including phenoxy) is 1. The second kappa shape index (κ2) is 6.77. The molecule has 1 aromatic carbocycles. The van der Waals surface area contributed by atoms with Gasteiger partial charge in [0.25, 0.3) is 10.0 Å². The Morgan fingerprint density at radius 2 is 1.81 bits per heavy atom. The second-order valence-corrected chi connectivity index (χ2v) is 9.39. The molecule has 1 saturated heterocycles. The number of aryl methyl sites for hydroxylation is 2. The summed E-state index contributed by atoms with van der Waals surface area (Å²) in [7, 11) is -2.02. The van der Waals surface area contributed by atoms with Gasteiger partial charge in [0.15, 0.2) is 5.03 Å². The van der Waals surface area contributed by atoms with Crippen molar-refractivity contribution in [3.63, 3.8) is 0 Å². The van der Waals surface area contributed by atoms with Crippen LogP contribution in [-0.2, 0) is 10.0 Å². The first-order valence-corrected chi connectivity index (χ1v) is 10.9. The SMILES string of the molecule is COc1ccccc1N1CCN(S(=O)(=O)c2c(C)nc3sc(C)nn23)CC1. The highest BCUT2D eigenvalue weighted by Crippen LogP contribution is 2.30. The average molecular weight is 408 g/mol. The smallest absolute Gasteiger partial charge is 0.262 e. The van der Waals surface area contributed by atoms with Crippen LogP contribution in [0.2, 0.25) is 0 Å². The molecule has 2 aromatic heterocycles. The molecule has 0 spiro atoms. The fourth-order valence-electron chi connectivity index (χ4n) is 3.40. The number of imidazole rings is 1. The quantitative estimate of drug-likeness (QED) is 0.657. The van der Waals surface area contributed by atoms with E-state index in [9.17, 15) is 8.42 Å². The summed E-state index contributed by atoms with van der Waals surface area (Å²) in [6.07, 6.45) is 0. The first-order chi connectivity index (χ1) is 12.9. The van der Waals surface area contributed by atoms with E-state index < -0.39 is 10.0 Å². The van der Waals surface area contributed by atoms with E-state index >= 15 is 0 Å². The number of hydrogen-bond donors (Lipinski definition) is 0. The van der Waals surface area contributed by atoms with Gasteiger partial charge in [0, 0.05) is 26.2 Å². The number of hydrogen-bond acceptors (Lipinski definition) is 7. The second-order valence-electron chi connectivity index (χ2n) is 6.38. The highest BCUT2D eigenvalue weighted by molar-refractivity contribution is 7.89. The molecule has 0 atom stereocenters. The Kier molecular flexibility index (Phi) is 4.57. The lowest BCUT2D eigenvalue weighted by atomic mass is 10.2. The average Bonchev–Trinajstić information content (AvgIpc) is 3.15. The Balaban J connectivity index is 1.59. The molecule has 27 heavy (non-hydrogen) atoms. The van der Waals surface area contributed by atoms with E-state index in [-0.39, 0.29) is 5.03 Å². The van der Waals surface area contributed by atoms with E-state index in [2.05, 4.69) is 15.0 Å². The summed E-state index contributed by atoms with van der Waals surface area (Å²) >= 11 is 1.39. The van der Waals surface area contributed by atoms with Gasteiger partial charge < -0.3 is 9.64 Å². The summed E-state index contributed by atoms with van der Waals surface area (Å²) in [4.78, 5) is 7.12. The van der Waals surface area contributed by atoms with Crippen molar-refractivity contribution in [1.82, 2.24) is 18.9 Å². The first-order valence-electron chi connectivity index (χ1n) is 8.62. The third kappa shape index (κ3) is 3.07. The van der Waals surface area contributed by atoms with Crippen LogP contribution in [0, 0.1) is 13.8 Å². The van der Waals surface area contributed by atoms with Gasteiger partial charge in [-0.1, -0.05) is 23.5 Å². The minimum atomic E-state index is -3.66. The lowest BCUT2D eigenvalue weighted by Gasteiger charge is -2.35. The molecule has 0 N–H and O–H groups in total. The molecule has 3 aromatic rings. The number of piperazine rings is 1. The summed E-state index contributed by atoms with van der Waals surface area (Å²) < 4.78 is 34.9. The van der Waals surface area contributed by atoms with Crippen LogP contribution in [0.5, 0.6) is 5.75 Å². The van der Waals surface area contributed by atoms with Gasteiger partial charge in [-0.3, -0.25) is 0 Å². The molecule has 0 bridgehead atoms. The van der Waals surface area contributed by atoms with E-state index in [4.69, 9.17) is 4.74 Å². The molecule has 144 valence electrons. The van der Waals surface area contributed by atoms with Crippen LogP contribution in [-0.4, -0.2) is 60.6 Å². The topological polar surface area (TPSA) is 80.0 Å². The van der Waals surface area contributed by atoms with Gasteiger partial charge in [0.1, 0.15) is 10.8 Å². The normalized spacial score (nSPS) is 16.2. The predicted molar refractivity (Wildman–Crippen MR) is 104 cm³/mol. The third-order valence-electron chi connectivity index (χ3n) is 4.67. The largest absolute Gasteiger partial charge is 0.495 e. The van der Waals surface area contributed by atoms with E-state index in [0.29, 0.717) is 36.8 Å². The molecule has 0 unspecified atom stereocenters. The molecule has 0 aliphatic carbocycles. The van der Waals surface area contributed by atoms with Crippen LogP contribution in [0.4, 0.5) is 5.69 Å². The minimum Gasteiger partial charge on any atom is -0.495 e. The maximum atomic E-state index is 13.2. The van der Waals surface area contributed by atoms with E-state index in [1.54, 1.807) is 14.0 Å². The molecule has 3 heterocycles. The van der Waals surface area contributed by atoms with Gasteiger partial charge in [0.2, 0.25) is 4.96 Å². The van der Waals surface area contributed by atoms with Crippen LogP contribution in [0.1, 0.15) is 10.7 Å². The Bertz CT molecular complexity index is 1080. The van der Waals surface area contributed by atoms with Gasteiger partial charge in [-0.15, -0.1) is 0 Å². The van der Waals surface area contributed by atoms with E-state index in [1.807, 2.05) is 31.2 Å². The Morgan fingerprint density at radius 1 is 1.11 bits per heavy atom. The Morgan fingerprint density at radius 3 is 2.52 bits per heavy atom. The van der Waals surface area contributed by atoms with Crippen LogP contribution in [0.25, 0.3) is 4.96 Å². The molecule has 10 heteroatoms. The third-order valence-corrected chi connectivity index (χ3v) is 7.50. The number of aromatic nitrogens is 3. The summed E-state index contributed by atoms with van der Waals surface area (Å²) in [5.41, 5.74) is 1.47. The maximum absolute atomic E-state index is 13.2.